The van der Waals surface area contributed by atoms with Crippen LogP contribution in [-0.2, 0) is 12.0 Å². The van der Waals surface area contributed by atoms with Crippen LogP contribution in [0, 0.1) is 25.5 Å². The molecule has 0 fully saturated rings. The Morgan fingerprint density at radius 3 is 2.10 bits per heavy atom. The standard InChI is InChI=1S/C17H19F2N/c1-11-4-5-14(6-12(11)2)17(3,20)10-13-7-15(18)9-16(19)8-13/h4-9H,10,20H2,1-3H3. The Morgan fingerprint density at radius 2 is 1.55 bits per heavy atom. The highest BCUT2D eigenvalue weighted by Gasteiger charge is 2.22. The highest BCUT2D eigenvalue weighted by molar-refractivity contribution is 5.35. The molecule has 0 heterocycles. The largest absolute Gasteiger partial charge is 0.321 e. The third kappa shape index (κ3) is 3.23. The number of nitrogens with two attached hydrogens (primary N) is 1. The molecular formula is C17H19F2N. The Kier molecular flexibility index (Phi) is 3.91. The lowest BCUT2D eigenvalue weighted by atomic mass is 9.85. The van der Waals surface area contributed by atoms with Gasteiger partial charge in [0.2, 0.25) is 0 Å². The number of hydrogen-bond donors (Lipinski definition) is 1. The van der Waals surface area contributed by atoms with Gasteiger partial charge in [-0.2, -0.15) is 0 Å². The Hall–Kier alpha value is -1.74. The summed E-state index contributed by atoms with van der Waals surface area (Å²) in [5.41, 5.74) is 9.55. The summed E-state index contributed by atoms with van der Waals surface area (Å²) in [6, 6.07) is 9.54. The lowest BCUT2D eigenvalue weighted by molar-refractivity contribution is 0.486. The van der Waals surface area contributed by atoms with Gasteiger partial charge in [0.15, 0.2) is 0 Å². The van der Waals surface area contributed by atoms with Crippen molar-refractivity contribution in [2.45, 2.75) is 32.7 Å². The second-order valence-electron chi connectivity index (χ2n) is 5.67. The molecule has 1 nitrogen and oxygen atoms in total. The monoisotopic (exact) mass is 275 g/mol. The molecule has 0 bridgehead atoms. The maximum atomic E-state index is 13.2. The SMILES string of the molecule is Cc1ccc(C(C)(N)Cc2cc(F)cc(F)c2)cc1C. The third-order valence-electron chi connectivity index (χ3n) is 3.66. The van der Waals surface area contributed by atoms with Crippen molar-refractivity contribution in [2.75, 3.05) is 0 Å². The summed E-state index contributed by atoms with van der Waals surface area (Å²) in [5, 5.41) is 0. The lowest BCUT2D eigenvalue weighted by Crippen LogP contribution is -2.35. The number of benzene rings is 2. The van der Waals surface area contributed by atoms with Gasteiger partial charge in [0.05, 0.1) is 0 Å². The maximum absolute atomic E-state index is 13.2. The van der Waals surface area contributed by atoms with Crippen LogP contribution in [0.15, 0.2) is 36.4 Å². The molecule has 1 atom stereocenters. The maximum Gasteiger partial charge on any atom is 0.126 e. The highest BCUT2D eigenvalue weighted by atomic mass is 19.1. The summed E-state index contributed by atoms with van der Waals surface area (Å²) in [4.78, 5) is 0. The van der Waals surface area contributed by atoms with Crippen LogP contribution in [0.3, 0.4) is 0 Å². The number of rotatable bonds is 3. The van der Waals surface area contributed by atoms with E-state index in [0.717, 1.165) is 17.2 Å². The fourth-order valence-corrected chi connectivity index (χ4v) is 2.34. The van der Waals surface area contributed by atoms with E-state index in [4.69, 9.17) is 5.73 Å². The highest BCUT2D eigenvalue weighted by Crippen LogP contribution is 2.25. The summed E-state index contributed by atoms with van der Waals surface area (Å²) in [7, 11) is 0. The zero-order chi connectivity index (χ0) is 14.9. The molecule has 106 valence electrons. The van der Waals surface area contributed by atoms with Crippen molar-refractivity contribution in [3.63, 3.8) is 0 Å². The fourth-order valence-electron chi connectivity index (χ4n) is 2.34. The predicted molar refractivity (Wildman–Crippen MR) is 77.5 cm³/mol. The molecule has 0 amide bonds. The molecule has 0 radical (unpaired) electrons. The Bertz CT molecular complexity index is 613. The van der Waals surface area contributed by atoms with Gasteiger partial charge in [-0.3, -0.25) is 0 Å². The Balaban J connectivity index is 2.32. The van der Waals surface area contributed by atoms with E-state index in [1.807, 2.05) is 39.0 Å². The first-order valence-electron chi connectivity index (χ1n) is 6.59. The van der Waals surface area contributed by atoms with Crippen molar-refractivity contribution in [3.05, 3.63) is 70.3 Å². The lowest BCUT2D eigenvalue weighted by Gasteiger charge is -2.26. The van der Waals surface area contributed by atoms with E-state index in [-0.39, 0.29) is 0 Å². The van der Waals surface area contributed by atoms with Crippen molar-refractivity contribution in [1.29, 1.82) is 0 Å². The van der Waals surface area contributed by atoms with Gasteiger partial charge < -0.3 is 5.73 Å². The predicted octanol–water partition coefficient (Wildman–Crippen LogP) is 4.00. The van der Waals surface area contributed by atoms with Crippen LogP contribution in [0.25, 0.3) is 0 Å². The molecule has 0 aliphatic heterocycles. The zero-order valence-electron chi connectivity index (χ0n) is 12.0. The first-order valence-corrected chi connectivity index (χ1v) is 6.59. The normalized spacial score (nSPS) is 14.1. The van der Waals surface area contributed by atoms with E-state index in [0.29, 0.717) is 12.0 Å². The molecule has 20 heavy (non-hydrogen) atoms. The second-order valence-corrected chi connectivity index (χ2v) is 5.67. The van der Waals surface area contributed by atoms with Gasteiger partial charge in [-0.25, -0.2) is 8.78 Å². The molecule has 0 aliphatic carbocycles. The van der Waals surface area contributed by atoms with Crippen LogP contribution in [0.2, 0.25) is 0 Å². The number of halogens is 2. The van der Waals surface area contributed by atoms with E-state index >= 15 is 0 Å². The van der Waals surface area contributed by atoms with Crippen LogP contribution in [0.4, 0.5) is 8.78 Å². The van der Waals surface area contributed by atoms with E-state index < -0.39 is 17.2 Å². The van der Waals surface area contributed by atoms with Gasteiger partial charge in [-0.05, 0) is 61.6 Å². The summed E-state index contributed by atoms with van der Waals surface area (Å²) in [6.45, 7) is 5.94. The summed E-state index contributed by atoms with van der Waals surface area (Å²) in [6.07, 6.45) is 0.379. The minimum atomic E-state index is -0.668. The molecule has 2 aromatic rings. The topological polar surface area (TPSA) is 26.0 Å². The van der Waals surface area contributed by atoms with Gasteiger partial charge in [0.25, 0.3) is 0 Å². The Labute approximate surface area is 118 Å². The van der Waals surface area contributed by atoms with Gasteiger partial charge in [0.1, 0.15) is 11.6 Å². The average molecular weight is 275 g/mol. The van der Waals surface area contributed by atoms with Crippen LogP contribution in [0.1, 0.15) is 29.2 Å². The van der Waals surface area contributed by atoms with E-state index in [1.54, 1.807) is 0 Å². The van der Waals surface area contributed by atoms with Crippen LogP contribution < -0.4 is 5.73 Å². The minimum Gasteiger partial charge on any atom is -0.321 e. The van der Waals surface area contributed by atoms with Gasteiger partial charge in [0, 0.05) is 11.6 Å². The molecule has 0 spiro atoms. The molecule has 2 rings (SSSR count). The Morgan fingerprint density at radius 1 is 0.950 bits per heavy atom. The summed E-state index contributed by atoms with van der Waals surface area (Å²) < 4.78 is 26.5. The van der Waals surface area contributed by atoms with Crippen LogP contribution in [-0.4, -0.2) is 0 Å². The van der Waals surface area contributed by atoms with Crippen molar-refractivity contribution >= 4 is 0 Å². The molecule has 2 N–H and O–H groups in total. The van der Waals surface area contributed by atoms with Crippen molar-refractivity contribution in [3.8, 4) is 0 Å². The molecule has 0 aliphatic rings. The first-order chi connectivity index (χ1) is 9.28. The molecule has 0 saturated heterocycles. The second kappa shape index (κ2) is 5.33. The average Bonchev–Trinajstić information content (AvgIpc) is 2.30. The molecule has 1 unspecified atom stereocenters. The van der Waals surface area contributed by atoms with Crippen molar-refractivity contribution < 1.29 is 8.78 Å². The fraction of sp³-hybridized carbons (Fsp3) is 0.294. The number of aryl methyl sites for hydroxylation is 2. The molecule has 3 heteroatoms. The zero-order valence-corrected chi connectivity index (χ0v) is 12.0. The van der Waals surface area contributed by atoms with E-state index in [9.17, 15) is 8.78 Å². The summed E-state index contributed by atoms with van der Waals surface area (Å²) in [5.74, 6) is -1.15. The van der Waals surface area contributed by atoms with E-state index in [1.165, 1.54) is 17.7 Å². The minimum absolute atomic E-state index is 0.379. The summed E-state index contributed by atoms with van der Waals surface area (Å²) >= 11 is 0. The van der Waals surface area contributed by atoms with E-state index in [2.05, 4.69) is 0 Å². The third-order valence-corrected chi connectivity index (χ3v) is 3.66. The van der Waals surface area contributed by atoms with Crippen LogP contribution >= 0.6 is 0 Å². The quantitative estimate of drug-likeness (QED) is 0.900. The van der Waals surface area contributed by atoms with Crippen LogP contribution in [0.5, 0.6) is 0 Å². The van der Waals surface area contributed by atoms with Gasteiger partial charge in [-0.15, -0.1) is 0 Å². The van der Waals surface area contributed by atoms with Crippen molar-refractivity contribution in [1.82, 2.24) is 0 Å². The molecule has 2 aromatic carbocycles. The van der Waals surface area contributed by atoms with Gasteiger partial charge >= 0.3 is 0 Å². The molecule has 0 aromatic heterocycles. The smallest absolute Gasteiger partial charge is 0.126 e. The van der Waals surface area contributed by atoms with Gasteiger partial charge in [-0.1, -0.05) is 18.2 Å². The first kappa shape index (κ1) is 14.7. The molecule has 0 saturated carbocycles. The number of hydrogen-bond acceptors (Lipinski definition) is 1. The van der Waals surface area contributed by atoms with Crippen molar-refractivity contribution in [2.24, 2.45) is 5.73 Å². The molecular weight excluding hydrogens is 256 g/mol.